The van der Waals surface area contributed by atoms with Crippen LogP contribution in [0.25, 0.3) is 0 Å². The summed E-state index contributed by atoms with van der Waals surface area (Å²) in [6, 6.07) is 8.19. The lowest BCUT2D eigenvalue weighted by molar-refractivity contribution is -0.692. The molecule has 0 radical (unpaired) electrons. The topological polar surface area (TPSA) is 46.1 Å². The lowest BCUT2D eigenvalue weighted by Gasteiger charge is -2.14. The van der Waals surface area contributed by atoms with Crippen molar-refractivity contribution in [1.29, 1.82) is 0 Å². The van der Waals surface area contributed by atoms with Gasteiger partial charge in [-0.2, -0.15) is 0 Å². The monoisotopic (exact) mass is 314 g/mol. The third kappa shape index (κ3) is 8.42. The molecule has 0 heterocycles. The fourth-order valence-corrected chi connectivity index (χ4v) is 2.40. The molecule has 1 aromatic carbocycles. The average molecular weight is 315 g/mol. The van der Waals surface area contributed by atoms with Crippen LogP contribution >= 0.6 is 11.6 Å². The molecule has 120 valence electrons. The van der Waals surface area contributed by atoms with Crippen molar-refractivity contribution in [3.05, 3.63) is 34.9 Å². The standard InChI is InChI=1S/C17H28ClNO2/c1-3-4-5-8-14(2)19-11-16(20)13-21-12-15-9-6-7-10-17(15)18/h6-7,9-10,14,16,19-20H,3-5,8,11-13H2,1-2H3/p+1/t14-,16+/m1/s1. The summed E-state index contributed by atoms with van der Waals surface area (Å²) >= 11 is 6.05. The Balaban J connectivity index is 2.11. The second-order valence-corrected chi connectivity index (χ2v) is 6.11. The molecule has 0 fully saturated rings. The molecule has 0 bridgehead atoms. The molecular weight excluding hydrogens is 286 g/mol. The van der Waals surface area contributed by atoms with E-state index in [1.54, 1.807) is 0 Å². The number of unbranched alkanes of at least 4 members (excludes halogenated alkanes) is 2. The summed E-state index contributed by atoms with van der Waals surface area (Å²) in [7, 11) is 0. The normalized spacial score (nSPS) is 14.1. The second-order valence-electron chi connectivity index (χ2n) is 5.70. The molecule has 3 N–H and O–H groups in total. The van der Waals surface area contributed by atoms with Crippen LogP contribution in [-0.2, 0) is 11.3 Å². The number of aliphatic hydroxyl groups is 1. The molecule has 4 heteroatoms. The Labute approximate surface area is 133 Å². The number of benzene rings is 1. The average Bonchev–Trinajstić information content (AvgIpc) is 2.47. The van der Waals surface area contributed by atoms with E-state index in [0.717, 1.165) is 5.56 Å². The quantitative estimate of drug-likeness (QED) is 0.617. The van der Waals surface area contributed by atoms with Crippen LogP contribution in [0.1, 0.15) is 45.1 Å². The smallest absolute Gasteiger partial charge is 0.126 e. The third-order valence-electron chi connectivity index (χ3n) is 3.60. The van der Waals surface area contributed by atoms with Crippen LogP contribution in [0.3, 0.4) is 0 Å². The van der Waals surface area contributed by atoms with Crippen molar-refractivity contribution < 1.29 is 15.2 Å². The first-order valence-corrected chi connectivity index (χ1v) is 8.33. The number of hydrogen-bond acceptors (Lipinski definition) is 2. The summed E-state index contributed by atoms with van der Waals surface area (Å²) in [6.45, 7) is 5.92. The van der Waals surface area contributed by atoms with Gasteiger partial charge in [0.2, 0.25) is 0 Å². The molecule has 1 aromatic rings. The Morgan fingerprint density at radius 2 is 2.05 bits per heavy atom. The molecule has 0 aliphatic carbocycles. The number of halogens is 1. The van der Waals surface area contributed by atoms with E-state index in [9.17, 15) is 5.11 Å². The summed E-state index contributed by atoms with van der Waals surface area (Å²) in [5.74, 6) is 0. The molecule has 3 nitrogen and oxygen atoms in total. The van der Waals surface area contributed by atoms with Crippen LogP contribution < -0.4 is 5.32 Å². The van der Waals surface area contributed by atoms with E-state index in [4.69, 9.17) is 16.3 Å². The summed E-state index contributed by atoms with van der Waals surface area (Å²) < 4.78 is 5.54. The van der Waals surface area contributed by atoms with Gasteiger partial charge in [0.25, 0.3) is 0 Å². The van der Waals surface area contributed by atoms with Crippen LogP contribution in [0.4, 0.5) is 0 Å². The largest absolute Gasteiger partial charge is 0.385 e. The third-order valence-corrected chi connectivity index (χ3v) is 3.97. The molecular formula is C17H29ClNO2+. The SMILES string of the molecule is CCCCC[C@@H](C)[NH2+]C[C@H](O)COCc1ccccc1Cl. The van der Waals surface area contributed by atoms with E-state index >= 15 is 0 Å². The highest BCUT2D eigenvalue weighted by atomic mass is 35.5. The molecule has 21 heavy (non-hydrogen) atoms. The fourth-order valence-electron chi connectivity index (χ4n) is 2.21. The molecule has 0 unspecified atom stereocenters. The number of rotatable bonds is 11. The van der Waals surface area contributed by atoms with Crippen molar-refractivity contribution in [3.63, 3.8) is 0 Å². The van der Waals surface area contributed by atoms with Crippen molar-refractivity contribution in [3.8, 4) is 0 Å². The first-order chi connectivity index (χ1) is 10.1. The van der Waals surface area contributed by atoms with Gasteiger partial charge in [0.1, 0.15) is 12.6 Å². The number of aliphatic hydroxyl groups excluding tert-OH is 1. The van der Waals surface area contributed by atoms with Gasteiger partial charge in [-0.25, -0.2) is 0 Å². The summed E-state index contributed by atoms with van der Waals surface area (Å²) in [4.78, 5) is 0. The summed E-state index contributed by atoms with van der Waals surface area (Å²) in [5.41, 5.74) is 0.961. The molecule has 0 aromatic heterocycles. The maximum Gasteiger partial charge on any atom is 0.126 e. The number of nitrogens with two attached hydrogens (primary N) is 1. The Kier molecular flexibility index (Phi) is 9.68. The molecule has 0 saturated carbocycles. The Bertz CT molecular complexity index is 387. The molecule has 0 amide bonds. The van der Waals surface area contributed by atoms with Gasteiger partial charge < -0.3 is 15.2 Å². The molecule has 0 aliphatic heterocycles. The van der Waals surface area contributed by atoms with Gasteiger partial charge in [0.05, 0.1) is 19.3 Å². The number of hydrogen-bond donors (Lipinski definition) is 2. The Morgan fingerprint density at radius 3 is 2.76 bits per heavy atom. The Morgan fingerprint density at radius 1 is 1.29 bits per heavy atom. The lowest BCUT2D eigenvalue weighted by atomic mass is 10.1. The molecule has 2 atom stereocenters. The summed E-state index contributed by atoms with van der Waals surface area (Å²) in [6.07, 6.45) is 4.60. The van der Waals surface area contributed by atoms with Gasteiger partial charge in [-0.15, -0.1) is 0 Å². The maximum absolute atomic E-state index is 9.93. The van der Waals surface area contributed by atoms with Crippen molar-refractivity contribution in [2.24, 2.45) is 0 Å². The van der Waals surface area contributed by atoms with Crippen LogP contribution in [-0.4, -0.2) is 30.4 Å². The van der Waals surface area contributed by atoms with Gasteiger partial charge in [0, 0.05) is 5.02 Å². The van der Waals surface area contributed by atoms with Crippen molar-refractivity contribution in [2.75, 3.05) is 13.2 Å². The van der Waals surface area contributed by atoms with Crippen molar-refractivity contribution >= 4 is 11.6 Å². The minimum absolute atomic E-state index is 0.351. The highest BCUT2D eigenvalue weighted by Gasteiger charge is 2.11. The first-order valence-electron chi connectivity index (χ1n) is 7.96. The summed E-state index contributed by atoms with van der Waals surface area (Å²) in [5, 5.41) is 12.8. The predicted molar refractivity (Wildman–Crippen MR) is 87.5 cm³/mol. The molecule has 0 spiro atoms. The van der Waals surface area contributed by atoms with Gasteiger partial charge in [0.15, 0.2) is 0 Å². The van der Waals surface area contributed by atoms with Crippen molar-refractivity contribution in [1.82, 2.24) is 0 Å². The zero-order chi connectivity index (χ0) is 15.5. The first kappa shape index (κ1) is 18.4. The van der Waals surface area contributed by atoms with E-state index in [1.165, 1.54) is 25.7 Å². The van der Waals surface area contributed by atoms with E-state index in [2.05, 4.69) is 19.2 Å². The number of quaternary nitrogens is 1. The van der Waals surface area contributed by atoms with Crippen LogP contribution in [0.5, 0.6) is 0 Å². The molecule has 0 saturated heterocycles. The van der Waals surface area contributed by atoms with Crippen LogP contribution in [0, 0.1) is 0 Å². The van der Waals surface area contributed by atoms with Crippen LogP contribution in [0.15, 0.2) is 24.3 Å². The van der Waals surface area contributed by atoms with E-state index in [0.29, 0.717) is 30.8 Å². The highest BCUT2D eigenvalue weighted by molar-refractivity contribution is 6.31. The van der Waals surface area contributed by atoms with E-state index in [-0.39, 0.29) is 0 Å². The van der Waals surface area contributed by atoms with E-state index in [1.807, 2.05) is 24.3 Å². The van der Waals surface area contributed by atoms with Gasteiger partial charge in [-0.05, 0) is 31.4 Å². The van der Waals surface area contributed by atoms with Gasteiger partial charge in [-0.3, -0.25) is 0 Å². The minimum atomic E-state index is -0.430. The highest BCUT2D eigenvalue weighted by Crippen LogP contribution is 2.15. The molecule has 0 aliphatic rings. The van der Waals surface area contributed by atoms with Gasteiger partial charge >= 0.3 is 0 Å². The number of ether oxygens (including phenoxy) is 1. The van der Waals surface area contributed by atoms with E-state index < -0.39 is 6.10 Å². The molecule has 1 rings (SSSR count). The Hall–Kier alpha value is -0.610. The fraction of sp³-hybridized carbons (Fsp3) is 0.647. The maximum atomic E-state index is 9.93. The van der Waals surface area contributed by atoms with Gasteiger partial charge in [-0.1, -0.05) is 49.6 Å². The van der Waals surface area contributed by atoms with Crippen LogP contribution in [0.2, 0.25) is 5.02 Å². The van der Waals surface area contributed by atoms with Crippen molar-refractivity contribution in [2.45, 2.75) is 58.3 Å². The zero-order valence-corrected chi connectivity index (χ0v) is 14.0. The zero-order valence-electron chi connectivity index (χ0n) is 13.2. The lowest BCUT2D eigenvalue weighted by Crippen LogP contribution is -2.91. The second kappa shape index (κ2) is 11.0. The minimum Gasteiger partial charge on any atom is -0.385 e. The predicted octanol–water partition coefficient (Wildman–Crippen LogP) is 2.75.